The minimum Gasteiger partial charge on any atom is -0.317 e. The Bertz CT molecular complexity index is 188. The first kappa shape index (κ1) is 9.30. The van der Waals surface area contributed by atoms with Crippen LogP contribution in [0.2, 0.25) is 0 Å². The summed E-state index contributed by atoms with van der Waals surface area (Å²) in [5.74, 6) is 0.885. The van der Waals surface area contributed by atoms with Gasteiger partial charge < -0.3 is 4.90 Å². The van der Waals surface area contributed by atoms with Gasteiger partial charge in [0, 0.05) is 12.5 Å². The van der Waals surface area contributed by atoms with Crippen LogP contribution in [0, 0.1) is 5.92 Å². The standard InChI is InChI=1S/C10H17NO/c1-4-11-9(3)7-8(2)5-6-10(11)12/h4,8-9H,1,5-7H2,2-3H3. The van der Waals surface area contributed by atoms with Crippen LogP contribution in [0.3, 0.4) is 0 Å². The van der Waals surface area contributed by atoms with Crippen LogP contribution in [0.4, 0.5) is 0 Å². The molecule has 1 rings (SSSR count). The number of nitrogens with zero attached hydrogens (tertiary/aromatic N) is 1. The second kappa shape index (κ2) is 3.74. The van der Waals surface area contributed by atoms with E-state index in [4.69, 9.17) is 0 Å². The lowest BCUT2D eigenvalue weighted by Crippen LogP contribution is -2.32. The number of likely N-dealkylation sites (tertiary alicyclic amines) is 1. The van der Waals surface area contributed by atoms with Crippen LogP contribution in [0.15, 0.2) is 12.8 Å². The molecule has 2 unspecified atom stereocenters. The molecule has 2 atom stereocenters. The van der Waals surface area contributed by atoms with Gasteiger partial charge in [0.2, 0.25) is 5.91 Å². The third kappa shape index (κ3) is 1.87. The highest BCUT2D eigenvalue weighted by Crippen LogP contribution is 2.22. The minimum absolute atomic E-state index is 0.224. The predicted octanol–water partition coefficient (Wildman–Crippen LogP) is 2.17. The molecule has 0 spiro atoms. The molecule has 0 radical (unpaired) electrons. The van der Waals surface area contributed by atoms with Crippen molar-refractivity contribution in [3.8, 4) is 0 Å². The number of rotatable bonds is 1. The first-order valence-electron chi connectivity index (χ1n) is 4.59. The first-order valence-corrected chi connectivity index (χ1v) is 4.59. The van der Waals surface area contributed by atoms with Gasteiger partial charge in [-0.05, 0) is 31.9 Å². The quantitative estimate of drug-likeness (QED) is 0.586. The SMILES string of the molecule is C=CN1C(=O)CCC(C)CC1C. The van der Waals surface area contributed by atoms with Gasteiger partial charge in [-0.3, -0.25) is 4.79 Å². The van der Waals surface area contributed by atoms with E-state index in [0.717, 1.165) is 12.8 Å². The minimum atomic E-state index is 0.224. The Morgan fingerprint density at radius 1 is 1.58 bits per heavy atom. The average molecular weight is 167 g/mol. The molecule has 1 aliphatic rings. The highest BCUT2D eigenvalue weighted by atomic mass is 16.2. The van der Waals surface area contributed by atoms with Gasteiger partial charge in [0.15, 0.2) is 0 Å². The molecule has 0 saturated carbocycles. The summed E-state index contributed by atoms with van der Waals surface area (Å²) in [5, 5.41) is 0. The molecule has 2 heteroatoms. The fraction of sp³-hybridized carbons (Fsp3) is 0.700. The Labute approximate surface area is 74.2 Å². The van der Waals surface area contributed by atoms with E-state index in [1.807, 2.05) is 0 Å². The van der Waals surface area contributed by atoms with E-state index >= 15 is 0 Å². The van der Waals surface area contributed by atoms with Gasteiger partial charge in [-0.2, -0.15) is 0 Å². The van der Waals surface area contributed by atoms with E-state index in [1.165, 1.54) is 0 Å². The number of carbonyl (C=O) groups excluding carboxylic acids is 1. The summed E-state index contributed by atoms with van der Waals surface area (Å²) in [4.78, 5) is 13.2. The second-order valence-electron chi connectivity index (χ2n) is 3.71. The van der Waals surface area contributed by atoms with Crippen molar-refractivity contribution in [1.29, 1.82) is 0 Å². The van der Waals surface area contributed by atoms with Gasteiger partial charge in [-0.15, -0.1) is 0 Å². The molecule has 1 aliphatic heterocycles. The third-order valence-corrected chi connectivity index (χ3v) is 2.55. The lowest BCUT2D eigenvalue weighted by molar-refractivity contribution is -0.129. The normalized spacial score (nSPS) is 31.5. The zero-order valence-corrected chi connectivity index (χ0v) is 7.92. The molecule has 1 amide bonds. The Kier molecular flexibility index (Phi) is 2.90. The van der Waals surface area contributed by atoms with Crippen molar-refractivity contribution in [3.05, 3.63) is 12.8 Å². The molecule has 0 bridgehead atoms. The predicted molar refractivity (Wildman–Crippen MR) is 49.5 cm³/mol. The zero-order valence-electron chi connectivity index (χ0n) is 7.92. The van der Waals surface area contributed by atoms with Gasteiger partial charge >= 0.3 is 0 Å². The zero-order chi connectivity index (χ0) is 9.14. The van der Waals surface area contributed by atoms with Crippen LogP contribution in [0.25, 0.3) is 0 Å². The summed E-state index contributed by atoms with van der Waals surface area (Å²) in [5.41, 5.74) is 0. The molecule has 2 nitrogen and oxygen atoms in total. The van der Waals surface area contributed by atoms with Crippen molar-refractivity contribution in [2.45, 2.75) is 39.2 Å². The topological polar surface area (TPSA) is 20.3 Å². The summed E-state index contributed by atoms with van der Waals surface area (Å²) >= 11 is 0. The Balaban J connectivity index is 2.70. The van der Waals surface area contributed by atoms with Crippen molar-refractivity contribution in [2.24, 2.45) is 5.92 Å². The van der Waals surface area contributed by atoms with Gasteiger partial charge in [0.05, 0.1) is 0 Å². The van der Waals surface area contributed by atoms with E-state index in [1.54, 1.807) is 11.1 Å². The molecule has 0 aliphatic carbocycles. The van der Waals surface area contributed by atoms with Gasteiger partial charge in [-0.25, -0.2) is 0 Å². The van der Waals surface area contributed by atoms with Crippen molar-refractivity contribution in [2.75, 3.05) is 0 Å². The summed E-state index contributed by atoms with van der Waals surface area (Å²) in [6.45, 7) is 7.95. The van der Waals surface area contributed by atoms with Crippen LogP contribution >= 0.6 is 0 Å². The van der Waals surface area contributed by atoms with Crippen LogP contribution in [0.5, 0.6) is 0 Å². The second-order valence-corrected chi connectivity index (χ2v) is 3.71. The molecule has 0 N–H and O–H groups in total. The fourth-order valence-electron chi connectivity index (χ4n) is 1.84. The molecule has 1 saturated heterocycles. The average Bonchev–Trinajstić information content (AvgIpc) is 2.12. The third-order valence-electron chi connectivity index (χ3n) is 2.55. The van der Waals surface area contributed by atoms with Crippen LogP contribution in [0.1, 0.15) is 33.1 Å². The maximum absolute atomic E-state index is 11.5. The number of amides is 1. The van der Waals surface area contributed by atoms with E-state index in [0.29, 0.717) is 18.4 Å². The van der Waals surface area contributed by atoms with Crippen LogP contribution in [-0.4, -0.2) is 16.8 Å². The van der Waals surface area contributed by atoms with E-state index in [9.17, 15) is 4.79 Å². The summed E-state index contributed by atoms with van der Waals surface area (Å²) in [6.07, 6.45) is 4.45. The Hall–Kier alpha value is -0.790. The number of carbonyl (C=O) groups is 1. The number of hydrogen-bond acceptors (Lipinski definition) is 1. The first-order chi connectivity index (χ1) is 5.65. The highest BCUT2D eigenvalue weighted by Gasteiger charge is 2.23. The van der Waals surface area contributed by atoms with Gasteiger partial charge in [0.25, 0.3) is 0 Å². The lowest BCUT2D eigenvalue weighted by atomic mass is 10.00. The van der Waals surface area contributed by atoms with Crippen LogP contribution < -0.4 is 0 Å². The van der Waals surface area contributed by atoms with Crippen molar-refractivity contribution < 1.29 is 4.79 Å². The summed E-state index contributed by atoms with van der Waals surface area (Å²) < 4.78 is 0. The molecule has 1 heterocycles. The van der Waals surface area contributed by atoms with Crippen molar-refractivity contribution in [3.63, 3.8) is 0 Å². The fourth-order valence-corrected chi connectivity index (χ4v) is 1.84. The molecular formula is C10H17NO. The Morgan fingerprint density at radius 3 is 2.83 bits per heavy atom. The van der Waals surface area contributed by atoms with Crippen LogP contribution in [-0.2, 0) is 4.79 Å². The molecule has 12 heavy (non-hydrogen) atoms. The lowest BCUT2D eigenvalue weighted by Gasteiger charge is -2.23. The van der Waals surface area contributed by atoms with Crippen molar-refractivity contribution >= 4 is 5.91 Å². The number of hydrogen-bond donors (Lipinski definition) is 0. The maximum atomic E-state index is 11.5. The van der Waals surface area contributed by atoms with E-state index < -0.39 is 0 Å². The summed E-state index contributed by atoms with van der Waals surface area (Å²) in [6, 6.07) is 0.326. The molecular weight excluding hydrogens is 150 g/mol. The van der Waals surface area contributed by atoms with E-state index in [-0.39, 0.29) is 5.91 Å². The molecule has 68 valence electrons. The molecule has 0 aromatic carbocycles. The maximum Gasteiger partial charge on any atom is 0.226 e. The van der Waals surface area contributed by atoms with Crippen molar-refractivity contribution in [1.82, 2.24) is 4.90 Å². The van der Waals surface area contributed by atoms with Gasteiger partial charge in [0.1, 0.15) is 0 Å². The molecule has 0 aromatic rings. The Morgan fingerprint density at radius 2 is 2.25 bits per heavy atom. The molecule has 1 fully saturated rings. The summed E-state index contributed by atoms with van der Waals surface area (Å²) in [7, 11) is 0. The highest BCUT2D eigenvalue weighted by molar-refractivity contribution is 5.77. The monoisotopic (exact) mass is 167 g/mol. The van der Waals surface area contributed by atoms with E-state index in [2.05, 4.69) is 20.4 Å². The smallest absolute Gasteiger partial charge is 0.226 e. The van der Waals surface area contributed by atoms with Gasteiger partial charge in [-0.1, -0.05) is 13.5 Å². The largest absolute Gasteiger partial charge is 0.317 e. The molecule has 0 aromatic heterocycles.